The number of rotatable bonds is 3. The lowest BCUT2D eigenvalue weighted by Crippen LogP contribution is -1.97. The molecule has 1 atom stereocenters. The van der Waals surface area contributed by atoms with Crippen molar-refractivity contribution in [1.29, 1.82) is 0 Å². The molecule has 1 aromatic carbocycles. The molecule has 0 saturated carbocycles. The molecule has 5 nitrogen and oxygen atoms in total. The third kappa shape index (κ3) is 2.84. The maximum Gasteiger partial charge on any atom is 0.141 e. The minimum absolute atomic E-state index is 0.0875. The fourth-order valence-corrected chi connectivity index (χ4v) is 2.30. The van der Waals surface area contributed by atoms with Crippen molar-refractivity contribution in [3.8, 4) is 5.75 Å². The summed E-state index contributed by atoms with van der Waals surface area (Å²) >= 11 is 3.44. The lowest BCUT2D eigenvalue weighted by molar-refractivity contribution is 0.440. The van der Waals surface area contributed by atoms with Crippen molar-refractivity contribution in [3.63, 3.8) is 0 Å². The highest BCUT2D eigenvalue weighted by atomic mass is 79.9. The van der Waals surface area contributed by atoms with E-state index in [4.69, 9.17) is 0 Å². The zero-order valence-corrected chi connectivity index (χ0v) is 10.4. The lowest BCUT2D eigenvalue weighted by atomic mass is 10.3. The molecule has 1 rings (SSSR count). The van der Waals surface area contributed by atoms with Gasteiger partial charge < -0.3 is 8.74 Å². The van der Waals surface area contributed by atoms with Gasteiger partial charge in [0.25, 0.3) is 0 Å². The minimum atomic E-state index is -2.64. The van der Waals surface area contributed by atoms with Crippen LogP contribution in [-0.2, 0) is 11.4 Å². The number of hydrogen-bond donors (Lipinski definition) is 0. The molecule has 8 heteroatoms. The van der Waals surface area contributed by atoms with Crippen LogP contribution in [0.2, 0.25) is 0 Å². The molecule has 0 aliphatic carbocycles. The van der Waals surface area contributed by atoms with E-state index < -0.39 is 11.4 Å². The van der Waals surface area contributed by atoms with Gasteiger partial charge in [0.15, 0.2) is 0 Å². The van der Waals surface area contributed by atoms with Crippen LogP contribution < -0.4 is 4.18 Å². The molecule has 0 radical (unpaired) electrons. The average Bonchev–Trinajstić information content (AvgIpc) is 2.01. The zero-order valence-electron chi connectivity index (χ0n) is 6.40. The Labute approximate surface area is 98.6 Å². The van der Waals surface area contributed by atoms with E-state index in [1.165, 1.54) is 12.1 Å². The SMILES string of the molecule is O=Nc1c(Br)cc(OS(=O)[O-])cc1Br. The summed E-state index contributed by atoms with van der Waals surface area (Å²) in [6.45, 7) is 0. The lowest BCUT2D eigenvalue weighted by Gasteiger charge is -2.08. The first-order valence-corrected chi connectivity index (χ1v) is 5.73. The topological polar surface area (TPSA) is 78.8 Å². The molecule has 0 N–H and O–H groups in total. The average molecular weight is 344 g/mol. The minimum Gasteiger partial charge on any atom is -0.740 e. The summed E-state index contributed by atoms with van der Waals surface area (Å²) < 4.78 is 25.5. The summed E-state index contributed by atoms with van der Waals surface area (Å²) in [4.78, 5) is 10.3. The molecule has 1 aromatic rings. The second-order valence-corrected chi connectivity index (χ2v) is 4.40. The summed E-state index contributed by atoms with van der Waals surface area (Å²) in [5.41, 5.74) is 0.147. The first-order valence-electron chi connectivity index (χ1n) is 3.14. The normalized spacial score (nSPS) is 12.2. The van der Waals surface area contributed by atoms with Gasteiger partial charge in [-0.05, 0) is 49.2 Å². The number of hydrogen-bond acceptors (Lipinski definition) is 5. The molecule has 0 aliphatic rings. The van der Waals surface area contributed by atoms with Crippen LogP contribution in [0.25, 0.3) is 0 Å². The van der Waals surface area contributed by atoms with E-state index in [9.17, 15) is 13.7 Å². The van der Waals surface area contributed by atoms with E-state index in [0.29, 0.717) is 8.95 Å². The molecule has 0 aliphatic heterocycles. The van der Waals surface area contributed by atoms with Gasteiger partial charge in [-0.1, -0.05) is 0 Å². The van der Waals surface area contributed by atoms with E-state index in [0.717, 1.165) is 0 Å². The Kier molecular flexibility index (Phi) is 4.17. The Hall–Kier alpha value is -0.310. The number of halogens is 2. The molecule has 0 amide bonds. The van der Waals surface area contributed by atoms with Crippen molar-refractivity contribution < 1.29 is 12.9 Å². The fourth-order valence-electron chi connectivity index (χ4n) is 0.756. The van der Waals surface area contributed by atoms with Crippen LogP contribution in [0.15, 0.2) is 26.3 Å². The molecule has 0 bridgehead atoms. The summed E-state index contributed by atoms with van der Waals surface area (Å²) in [7, 11) is 0. The highest BCUT2D eigenvalue weighted by Gasteiger charge is 2.08. The quantitative estimate of drug-likeness (QED) is 0.624. The molecule has 0 spiro atoms. The Bertz CT molecular complexity index is 374. The van der Waals surface area contributed by atoms with Crippen molar-refractivity contribution in [2.45, 2.75) is 0 Å². The summed E-state index contributed by atoms with van der Waals surface area (Å²) in [6, 6.07) is 2.66. The highest BCUT2D eigenvalue weighted by molar-refractivity contribution is 9.11. The van der Waals surface area contributed by atoms with E-state index in [2.05, 4.69) is 41.2 Å². The van der Waals surface area contributed by atoms with Crippen LogP contribution in [-0.4, -0.2) is 8.76 Å². The molecular weight excluding hydrogens is 342 g/mol. The van der Waals surface area contributed by atoms with Gasteiger partial charge in [-0.25, -0.2) is 4.21 Å². The Morgan fingerprint density at radius 1 is 1.36 bits per heavy atom. The Morgan fingerprint density at radius 2 is 1.86 bits per heavy atom. The summed E-state index contributed by atoms with van der Waals surface area (Å²) in [6.07, 6.45) is 0. The maximum absolute atomic E-state index is 10.3. The van der Waals surface area contributed by atoms with Crippen molar-refractivity contribution in [2.24, 2.45) is 5.18 Å². The molecular formula is C6H2Br2NO4S-. The standard InChI is InChI=1S/C6H3Br2NO4S/c7-4-1-3(13-14(11)12)2-5(8)6(4)9-10/h1-2H,(H,11,12)/p-1. The maximum atomic E-state index is 10.3. The molecule has 14 heavy (non-hydrogen) atoms. The van der Waals surface area contributed by atoms with E-state index in [1.807, 2.05) is 0 Å². The van der Waals surface area contributed by atoms with Gasteiger partial charge in [0, 0.05) is 0 Å². The number of nitrogens with zero attached hydrogens (tertiary/aromatic N) is 1. The predicted molar refractivity (Wildman–Crippen MR) is 56.8 cm³/mol. The van der Waals surface area contributed by atoms with Gasteiger partial charge in [0.05, 0.1) is 8.95 Å². The highest BCUT2D eigenvalue weighted by Crippen LogP contribution is 2.37. The van der Waals surface area contributed by atoms with Gasteiger partial charge in [0.2, 0.25) is 0 Å². The number of nitroso groups, excluding NO2 is 1. The predicted octanol–water partition coefficient (Wildman–Crippen LogP) is 2.78. The fraction of sp³-hybridized carbons (Fsp3) is 0. The first-order chi connectivity index (χ1) is 6.54. The van der Waals surface area contributed by atoms with E-state index in [-0.39, 0.29) is 11.4 Å². The first kappa shape index (κ1) is 11.8. The Morgan fingerprint density at radius 3 is 2.21 bits per heavy atom. The van der Waals surface area contributed by atoms with Gasteiger partial charge in [-0.2, -0.15) is 0 Å². The van der Waals surface area contributed by atoms with Gasteiger partial charge in [0.1, 0.15) is 22.8 Å². The second-order valence-electron chi connectivity index (χ2n) is 2.11. The van der Waals surface area contributed by atoms with E-state index >= 15 is 0 Å². The van der Waals surface area contributed by atoms with Crippen LogP contribution in [0.4, 0.5) is 5.69 Å². The molecule has 0 saturated heterocycles. The van der Waals surface area contributed by atoms with Crippen molar-refractivity contribution >= 4 is 48.9 Å². The van der Waals surface area contributed by atoms with Gasteiger partial charge in [-0.3, -0.25) is 0 Å². The number of benzene rings is 1. The van der Waals surface area contributed by atoms with Crippen molar-refractivity contribution in [1.82, 2.24) is 0 Å². The molecule has 0 fully saturated rings. The largest absolute Gasteiger partial charge is 0.740 e. The van der Waals surface area contributed by atoms with E-state index in [1.54, 1.807) is 0 Å². The Balaban J connectivity index is 3.13. The summed E-state index contributed by atoms with van der Waals surface area (Å²) in [5, 5.41) is 2.74. The zero-order chi connectivity index (χ0) is 10.7. The third-order valence-electron chi connectivity index (χ3n) is 1.25. The van der Waals surface area contributed by atoms with Crippen LogP contribution in [0.1, 0.15) is 0 Å². The molecule has 1 unspecified atom stereocenters. The van der Waals surface area contributed by atoms with Crippen molar-refractivity contribution in [3.05, 3.63) is 26.0 Å². The van der Waals surface area contributed by atoms with Crippen LogP contribution in [0, 0.1) is 4.91 Å². The van der Waals surface area contributed by atoms with Crippen LogP contribution in [0.3, 0.4) is 0 Å². The monoisotopic (exact) mass is 342 g/mol. The third-order valence-corrected chi connectivity index (χ3v) is 2.78. The van der Waals surface area contributed by atoms with Gasteiger partial charge in [-0.15, -0.1) is 4.91 Å². The molecule has 0 aromatic heterocycles. The van der Waals surface area contributed by atoms with Gasteiger partial charge >= 0.3 is 0 Å². The van der Waals surface area contributed by atoms with Crippen LogP contribution >= 0.6 is 31.9 Å². The molecule has 76 valence electrons. The second kappa shape index (κ2) is 4.96. The van der Waals surface area contributed by atoms with Crippen LogP contribution in [0.5, 0.6) is 5.75 Å². The summed E-state index contributed by atoms with van der Waals surface area (Å²) in [5.74, 6) is 0.0875. The smallest absolute Gasteiger partial charge is 0.141 e. The van der Waals surface area contributed by atoms with Crippen molar-refractivity contribution in [2.75, 3.05) is 0 Å². The molecule has 0 heterocycles.